The highest BCUT2D eigenvalue weighted by atomic mass is 32.2. The molecule has 140 valence electrons. The van der Waals surface area contributed by atoms with Crippen LogP contribution in [0.5, 0.6) is 5.75 Å². The molecule has 2 N–H and O–H groups in total. The zero-order chi connectivity index (χ0) is 19.0. The Morgan fingerprint density at radius 2 is 1.85 bits per heavy atom. The molecule has 0 aliphatic heterocycles. The molecule has 0 unspecified atom stereocenters. The van der Waals surface area contributed by atoms with E-state index in [0.717, 1.165) is 0 Å². The lowest BCUT2D eigenvalue weighted by Gasteiger charge is -2.09. The smallest absolute Gasteiger partial charge is 0.255 e. The van der Waals surface area contributed by atoms with Gasteiger partial charge in [0, 0.05) is 37.6 Å². The number of anilines is 1. The average Bonchev–Trinajstić information content (AvgIpc) is 2.65. The number of amides is 1. The number of rotatable bonds is 9. The summed E-state index contributed by atoms with van der Waals surface area (Å²) in [4.78, 5) is 12.4. The maximum atomic E-state index is 12.4. The highest BCUT2D eigenvalue weighted by Crippen LogP contribution is 2.18. The molecule has 0 radical (unpaired) electrons. The highest BCUT2D eigenvalue weighted by molar-refractivity contribution is 7.89. The molecule has 0 aliphatic carbocycles. The molecule has 2 aromatic rings. The van der Waals surface area contributed by atoms with Crippen LogP contribution < -0.4 is 14.8 Å². The molecule has 0 atom stereocenters. The molecule has 0 bridgehead atoms. The molecule has 0 fully saturated rings. The van der Waals surface area contributed by atoms with Crippen molar-refractivity contribution in [3.05, 3.63) is 54.1 Å². The summed E-state index contributed by atoms with van der Waals surface area (Å²) < 4.78 is 37.1. The van der Waals surface area contributed by atoms with Crippen molar-refractivity contribution in [2.45, 2.75) is 11.3 Å². The lowest BCUT2D eigenvalue weighted by Crippen LogP contribution is -2.26. The lowest BCUT2D eigenvalue weighted by atomic mass is 10.2. The van der Waals surface area contributed by atoms with Gasteiger partial charge in [0.05, 0.1) is 12.0 Å². The van der Waals surface area contributed by atoms with E-state index in [1.807, 2.05) is 0 Å². The quantitative estimate of drug-likeness (QED) is 0.653. The van der Waals surface area contributed by atoms with Crippen LogP contribution in [0, 0.1) is 0 Å². The fourth-order valence-corrected chi connectivity index (χ4v) is 3.33. The van der Waals surface area contributed by atoms with Gasteiger partial charge in [0.25, 0.3) is 5.91 Å². The Kier molecular flexibility index (Phi) is 7.14. The average molecular weight is 378 g/mol. The predicted octanol–water partition coefficient (Wildman–Crippen LogP) is 2.26. The summed E-state index contributed by atoms with van der Waals surface area (Å²) in [5, 5.41) is 2.72. The van der Waals surface area contributed by atoms with Crippen molar-refractivity contribution in [1.29, 1.82) is 0 Å². The summed E-state index contributed by atoms with van der Waals surface area (Å²) in [7, 11) is -0.595. The summed E-state index contributed by atoms with van der Waals surface area (Å²) in [6.07, 6.45) is 0.561. The van der Waals surface area contributed by atoms with Gasteiger partial charge in [0.1, 0.15) is 5.75 Å². The molecule has 8 heteroatoms. The third-order valence-electron chi connectivity index (χ3n) is 3.55. The molecule has 0 saturated carbocycles. The number of hydrogen-bond acceptors (Lipinski definition) is 5. The van der Waals surface area contributed by atoms with Crippen molar-refractivity contribution in [2.75, 3.05) is 32.7 Å². The van der Waals surface area contributed by atoms with Crippen LogP contribution >= 0.6 is 0 Å². The number of ether oxygens (including phenoxy) is 2. The molecule has 0 aliphatic rings. The minimum absolute atomic E-state index is 0.0354. The second-order valence-electron chi connectivity index (χ2n) is 5.46. The molecule has 0 saturated heterocycles. The van der Waals surface area contributed by atoms with Gasteiger partial charge in [-0.15, -0.1) is 0 Å². The van der Waals surface area contributed by atoms with Gasteiger partial charge >= 0.3 is 0 Å². The fourth-order valence-electron chi connectivity index (χ4n) is 2.21. The van der Waals surface area contributed by atoms with Crippen LogP contribution in [0.1, 0.15) is 16.8 Å². The highest BCUT2D eigenvalue weighted by Gasteiger charge is 2.16. The van der Waals surface area contributed by atoms with Gasteiger partial charge in [-0.05, 0) is 36.8 Å². The van der Waals surface area contributed by atoms with Gasteiger partial charge in [-0.25, -0.2) is 13.1 Å². The first-order chi connectivity index (χ1) is 12.5. The minimum atomic E-state index is -3.69. The van der Waals surface area contributed by atoms with Crippen molar-refractivity contribution in [2.24, 2.45) is 0 Å². The number of carbonyl (C=O) groups is 1. The van der Waals surface area contributed by atoms with E-state index in [1.165, 1.54) is 25.3 Å². The maximum Gasteiger partial charge on any atom is 0.255 e. The van der Waals surface area contributed by atoms with E-state index in [9.17, 15) is 13.2 Å². The molecule has 0 heterocycles. The van der Waals surface area contributed by atoms with Crippen molar-refractivity contribution >= 4 is 21.6 Å². The van der Waals surface area contributed by atoms with Crippen molar-refractivity contribution in [1.82, 2.24) is 4.72 Å². The predicted molar refractivity (Wildman–Crippen MR) is 99.1 cm³/mol. The number of sulfonamides is 1. The van der Waals surface area contributed by atoms with E-state index in [4.69, 9.17) is 9.47 Å². The van der Waals surface area contributed by atoms with E-state index >= 15 is 0 Å². The van der Waals surface area contributed by atoms with Crippen LogP contribution in [0.15, 0.2) is 53.4 Å². The Morgan fingerprint density at radius 3 is 2.58 bits per heavy atom. The van der Waals surface area contributed by atoms with E-state index in [-0.39, 0.29) is 17.0 Å². The van der Waals surface area contributed by atoms with Gasteiger partial charge in [-0.2, -0.15) is 0 Å². The van der Waals surface area contributed by atoms with E-state index < -0.39 is 15.9 Å². The van der Waals surface area contributed by atoms with Gasteiger partial charge in [0.2, 0.25) is 10.0 Å². The lowest BCUT2D eigenvalue weighted by molar-refractivity contribution is 0.102. The Bertz CT molecular complexity index is 852. The Hall–Kier alpha value is -2.42. The Labute approximate surface area is 153 Å². The van der Waals surface area contributed by atoms with Crippen LogP contribution in [0.25, 0.3) is 0 Å². The molecule has 7 nitrogen and oxygen atoms in total. The second kappa shape index (κ2) is 9.33. The first-order valence-electron chi connectivity index (χ1n) is 8.00. The third kappa shape index (κ3) is 5.55. The Balaban J connectivity index is 2.11. The fraction of sp³-hybridized carbons (Fsp3) is 0.278. The Morgan fingerprint density at radius 1 is 1.08 bits per heavy atom. The zero-order valence-corrected chi connectivity index (χ0v) is 15.5. The van der Waals surface area contributed by atoms with Crippen LogP contribution in [0.4, 0.5) is 5.69 Å². The SMILES string of the molecule is COCCCNS(=O)(=O)c1cccc(C(=O)Nc2cccc(OC)c2)c1. The van der Waals surface area contributed by atoms with Gasteiger partial charge in [0.15, 0.2) is 0 Å². The number of benzene rings is 2. The van der Waals surface area contributed by atoms with Crippen LogP contribution in [0.2, 0.25) is 0 Å². The normalized spacial score (nSPS) is 11.2. The van der Waals surface area contributed by atoms with Gasteiger partial charge < -0.3 is 14.8 Å². The largest absolute Gasteiger partial charge is 0.497 e. The van der Waals surface area contributed by atoms with E-state index in [2.05, 4.69) is 10.0 Å². The molecule has 2 aromatic carbocycles. The van der Waals surface area contributed by atoms with Crippen molar-refractivity contribution in [3.63, 3.8) is 0 Å². The number of methoxy groups -OCH3 is 2. The molecule has 1 amide bonds. The maximum absolute atomic E-state index is 12.4. The van der Waals surface area contributed by atoms with Crippen LogP contribution in [0.3, 0.4) is 0 Å². The number of carbonyl (C=O) groups excluding carboxylic acids is 1. The third-order valence-corrected chi connectivity index (χ3v) is 5.01. The molecule has 0 spiro atoms. The zero-order valence-electron chi connectivity index (χ0n) is 14.7. The standard InChI is InChI=1S/C18H22N2O5S/c1-24-11-5-10-19-26(22,23)17-9-3-6-14(12-17)18(21)20-15-7-4-8-16(13-15)25-2/h3-4,6-9,12-13,19H,5,10-11H2,1-2H3,(H,20,21). The summed E-state index contributed by atoms with van der Waals surface area (Å²) >= 11 is 0. The summed E-state index contributed by atoms with van der Waals surface area (Å²) in [6.45, 7) is 0.724. The molecular formula is C18H22N2O5S. The second-order valence-corrected chi connectivity index (χ2v) is 7.22. The van der Waals surface area contributed by atoms with Gasteiger partial charge in [-0.3, -0.25) is 4.79 Å². The first-order valence-corrected chi connectivity index (χ1v) is 9.48. The molecule has 0 aromatic heterocycles. The first kappa shape index (κ1) is 19.9. The number of hydrogen-bond donors (Lipinski definition) is 2. The molecule has 2 rings (SSSR count). The van der Waals surface area contributed by atoms with Gasteiger partial charge in [-0.1, -0.05) is 12.1 Å². The van der Waals surface area contributed by atoms with E-state index in [1.54, 1.807) is 37.4 Å². The minimum Gasteiger partial charge on any atom is -0.497 e. The van der Waals surface area contributed by atoms with Crippen LogP contribution in [-0.4, -0.2) is 41.7 Å². The molecule has 26 heavy (non-hydrogen) atoms. The summed E-state index contributed by atoms with van der Waals surface area (Å²) in [6, 6.07) is 12.8. The van der Waals surface area contributed by atoms with Crippen molar-refractivity contribution in [3.8, 4) is 5.75 Å². The summed E-state index contributed by atoms with van der Waals surface area (Å²) in [5.74, 6) is 0.203. The van der Waals surface area contributed by atoms with Crippen molar-refractivity contribution < 1.29 is 22.7 Å². The molecular weight excluding hydrogens is 356 g/mol. The summed E-state index contributed by atoms with van der Waals surface area (Å²) in [5.41, 5.74) is 0.799. The van der Waals surface area contributed by atoms with E-state index in [0.29, 0.717) is 24.5 Å². The topological polar surface area (TPSA) is 93.7 Å². The van der Waals surface area contributed by atoms with Crippen LogP contribution in [-0.2, 0) is 14.8 Å². The number of nitrogens with one attached hydrogen (secondary N) is 2. The monoisotopic (exact) mass is 378 g/mol.